The summed E-state index contributed by atoms with van der Waals surface area (Å²) in [5.74, 6) is 0.665. The molecule has 0 spiro atoms. The summed E-state index contributed by atoms with van der Waals surface area (Å²) in [6, 6.07) is 23.0. The minimum Gasteiger partial charge on any atom is -0.497 e. The first-order valence-corrected chi connectivity index (χ1v) is 10.9. The van der Waals surface area contributed by atoms with E-state index in [0.29, 0.717) is 34.9 Å². The van der Waals surface area contributed by atoms with E-state index in [2.05, 4.69) is 11.4 Å². The molecule has 7 nitrogen and oxygen atoms in total. The number of rotatable bonds is 6. The van der Waals surface area contributed by atoms with E-state index in [1.54, 1.807) is 55.5 Å². The molecule has 34 heavy (non-hydrogen) atoms. The van der Waals surface area contributed by atoms with Crippen LogP contribution in [-0.4, -0.2) is 26.0 Å². The summed E-state index contributed by atoms with van der Waals surface area (Å²) >= 11 is 0. The molecule has 3 aromatic rings. The number of carbonyl (C=O) groups excluding carboxylic acids is 2. The Hall–Kier alpha value is -4.31. The van der Waals surface area contributed by atoms with Gasteiger partial charge in [-0.2, -0.15) is 5.26 Å². The maximum Gasteiger partial charge on any atom is 0.229 e. The lowest BCUT2D eigenvalue weighted by Crippen LogP contribution is -2.46. The van der Waals surface area contributed by atoms with Gasteiger partial charge in [0.2, 0.25) is 11.8 Å². The number of nitriles is 1. The summed E-state index contributed by atoms with van der Waals surface area (Å²) < 4.78 is 10.6. The van der Waals surface area contributed by atoms with Crippen LogP contribution in [0.1, 0.15) is 30.0 Å². The molecule has 1 heterocycles. The number of piperidine rings is 1. The SMILES string of the molecule is COc1ccc(C2C(C(=O)Nc3ccc(C#N)cc3)CCC(=O)N2c2ccc(OC)cc2)cc1. The van der Waals surface area contributed by atoms with Crippen molar-refractivity contribution in [1.82, 2.24) is 0 Å². The topological polar surface area (TPSA) is 91.7 Å². The number of benzene rings is 3. The minimum absolute atomic E-state index is 0.0478. The molecule has 0 saturated carbocycles. The third-order valence-corrected chi connectivity index (χ3v) is 6.02. The standard InChI is InChI=1S/C27H25N3O4/c1-33-22-11-5-19(6-12-22)26-24(27(32)29-20-7-3-18(17-28)4-8-20)15-16-25(31)30(26)21-9-13-23(34-2)14-10-21/h3-14,24,26H,15-16H2,1-2H3,(H,29,32). The van der Waals surface area contributed by atoms with Gasteiger partial charge >= 0.3 is 0 Å². The van der Waals surface area contributed by atoms with Crippen molar-refractivity contribution in [2.45, 2.75) is 18.9 Å². The van der Waals surface area contributed by atoms with Crippen LogP contribution in [0.3, 0.4) is 0 Å². The van der Waals surface area contributed by atoms with Gasteiger partial charge < -0.3 is 19.7 Å². The number of methoxy groups -OCH3 is 2. The molecule has 7 heteroatoms. The van der Waals surface area contributed by atoms with Crippen LogP contribution in [0.5, 0.6) is 11.5 Å². The Balaban J connectivity index is 1.71. The summed E-state index contributed by atoms with van der Waals surface area (Å²) in [5, 5.41) is 12.0. The van der Waals surface area contributed by atoms with E-state index in [-0.39, 0.29) is 18.2 Å². The zero-order chi connectivity index (χ0) is 24.1. The Bertz CT molecular complexity index is 1200. The highest BCUT2D eigenvalue weighted by atomic mass is 16.5. The summed E-state index contributed by atoms with van der Waals surface area (Å²) in [5.41, 5.74) is 2.65. The number of nitrogens with one attached hydrogen (secondary N) is 1. The summed E-state index contributed by atoms with van der Waals surface area (Å²) in [7, 11) is 3.18. The molecule has 1 aliphatic heterocycles. The Morgan fingerprint density at radius 1 is 0.941 bits per heavy atom. The molecule has 0 aromatic heterocycles. The number of ether oxygens (including phenoxy) is 2. The molecule has 4 rings (SSSR count). The molecule has 1 saturated heterocycles. The van der Waals surface area contributed by atoms with Crippen LogP contribution in [0, 0.1) is 17.2 Å². The van der Waals surface area contributed by atoms with Crippen LogP contribution < -0.4 is 19.7 Å². The predicted molar refractivity (Wildman–Crippen MR) is 129 cm³/mol. The number of hydrogen-bond acceptors (Lipinski definition) is 5. The van der Waals surface area contributed by atoms with Crippen molar-refractivity contribution in [3.63, 3.8) is 0 Å². The normalized spacial score (nSPS) is 17.6. The number of nitrogens with zero attached hydrogens (tertiary/aromatic N) is 2. The molecule has 0 aliphatic carbocycles. The van der Waals surface area contributed by atoms with Crippen molar-refractivity contribution < 1.29 is 19.1 Å². The highest BCUT2D eigenvalue weighted by molar-refractivity contribution is 6.00. The van der Waals surface area contributed by atoms with Crippen LogP contribution >= 0.6 is 0 Å². The zero-order valence-electron chi connectivity index (χ0n) is 19.0. The van der Waals surface area contributed by atoms with Gasteiger partial charge in [0.15, 0.2) is 0 Å². The Morgan fingerprint density at radius 2 is 1.53 bits per heavy atom. The van der Waals surface area contributed by atoms with Gasteiger partial charge in [-0.3, -0.25) is 9.59 Å². The van der Waals surface area contributed by atoms with Crippen LogP contribution in [0.2, 0.25) is 0 Å². The fourth-order valence-corrected chi connectivity index (χ4v) is 4.26. The van der Waals surface area contributed by atoms with Crippen LogP contribution in [-0.2, 0) is 9.59 Å². The Labute approximate surface area is 198 Å². The molecule has 2 amide bonds. The van der Waals surface area contributed by atoms with Crippen LogP contribution in [0.15, 0.2) is 72.8 Å². The number of hydrogen-bond donors (Lipinski definition) is 1. The van der Waals surface area contributed by atoms with Crippen molar-refractivity contribution in [2.75, 3.05) is 24.4 Å². The van der Waals surface area contributed by atoms with Gasteiger partial charge in [0.05, 0.1) is 37.8 Å². The fraction of sp³-hybridized carbons (Fsp3) is 0.222. The second-order valence-electron chi connectivity index (χ2n) is 8.00. The van der Waals surface area contributed by atoms with Crippen molar-refractivity contribution in [3.05, 3.63) is 83.9 Å². The van der Waals surface area contributed by atoms with Crippen molar-refractivity contribution >= 4 is 23.2 Å². The third kappa shape index (κ3) is 4.71. The maximum atomic E-state index is 13.5. The first kappa shape index (κ1) is 22.9. The van der Waals surface area contributed by atoms with Crippen molar-refractivity contribution in [2.24, 2.45) is 5.92 Å². The van der Waals surface area contributed by atoms with Gasteiger partial charge in [0.25, 0.3) is 0 Å². The zero-order valence-corrected chi connectivity index (χ0v) is 19.0. The van der Waals surface area contributed by atoms with Crippen LogP contribution in [0.4, 0.5) is 11.4 Å². The average Bonchev–Trinajstić information content (AvgIpc) is 2.89. The average molecular weight is 456 g/mol. The van der Waals surface area contributed by atoms with E-state index in [0.717, 1.165) is 5.56 Å². The smallest absolute Gasteiger partial charge is 0.229 e. The van der Waals surface area contributed by atoms with Crippen LogP contribution in [0.25, 0.3) is 0 Å². The largest absolute Gasteiger partial charge is 0.497 e. The van der Waals surface area contributed by atoms with Gasteiger partial charge in [0, 0.05) is 17.8 Å². The van der Waals surface area contributed by atoms with E-state index in [1.165, 1.54) is 0 Å². The molecule has 1 fully saturated rings. The van der Waals surface area contributed by atoms with Gasteiger partial charge in [-0.15, -0.1) is 0 Å². The highest BCUT2D eigenvalue weighted by Gasteiger charge is 2.41. The predicted octanol–water partition coefficient (Wildman–Crippen LogP) is 4.70. The van der Waals surface area contributed by atoms with E-state index in [4.69, 9.17) is 14.7 Å². The first-order chi connectivity index (χ1) is 16.5. The molecule has 0 bridgehead atoms. The molecule has 1 aliphatic rings. The van der Waals surface area contributed by atoms with Gasteiger partial charge in [-0.25, -0.2) is 0 Å². The van der Waals surface area contributed by atoms with Gasteiger partial charge in [-0.1, -0.05) is 12.1 Å². The molecular formula is C27H25N3O4. The summed E-state index contributed by atoms with van der Waals surface area (Å²) in [4.78, 5) is 28.3. The number of carbonyl (C=O) groups is 2. The molecule has 2 atom stereocenters. The summed E-state index contributed by atoms with van der Waals surface area (Å²) in [6.45, 7) is 0. The molecule has 172 valence electrons. The molecule has 2 unspecified atom stereocenters. The lowest BCUT2D eigenvalue weighted by atomic mass is 9.83. The summed E-state index contributed by atoms with van der Waals surface area (Å²) in [6.07, 6.45) is 0.675. The van der Waals surface area contributed by atoms with Crippen molar-refractivity contribution in [3.8, 4) is 17.6 Å². The second-order valence-corrected chi connectivity index (χ2v) is 8.00. The molecular weight excluding hydrogens is 430 g/mol. The molecule has 0 radical (unpaired) electrons. The van der Waals surface area contributed by atoms with E-state index in [1.807, 2.05) is 36.4 Å². The molecule has 3 aromatic carbocycles. The Kier molecular flexibility index (Phi) is 6.79. The molecule has 1 N–H and O–H groups in total. The lowest BCUT2D eigenvalue weighted by molar-refractivity contribution is -0.125. The number of amides is 2. The highest BCUT2D eigenvalue weighted by Crippen LogP contribution is 2.41. The van der Waals surface area contributed by atoms with Crippen molar-refractivity contribution in [1.29, 1.82) is 5.26 Å². The fourth-order valence-electron chi connectivity index (χ4n) is 4.26. The van der Waals surface area contributed by atoms with E-state index < -0.39 is 12.0 Å². The minimum atomic E-state index is -0.501. The second kappa shape index (κ2) is 10.1. The Morgan fingerprint density at radius 3 is 2.09 bits per heavy atom. The monoisotopic (exact) mass is 455 g/mol. The number of anilines is 2. The van der Waals surface area contributed by atoms with Gasteiger partial charge in [0.1, 0.15) is 11.5 Å². The quantitative estimate of drug-likeness (QED) is 0.582. The maximum absolute atomic E-state index is 13.5. The van der Waals surface area contributed by atoms with Gasteiger partial charge in [-0.05, 0) is 72.6 Å². The first-order valence-electron chi connectivity index (χ1n) is 10.9. The van der Waals surface area contributed by atoms with E-state index >= 15 is 0 Å². The third-order valence-electron chi connectivity index (χ3n) is 6.02. The van der Waals surface area contributed by atoms with E-state index in [9.17, 15) is 9.59 Å². The lowest BCUT2D eigenvalue weighted by Gasteiger charge is -2.41.